The van der Waals surface area contributed by atoms with Gasteiger partial charge in [-0.3, -0.25) is 86.3 Å². The molecule has 15 atom stereocenters. The Morgan fingerprint density at radius 3 is 1.43 bits per heavy atom. The second-order valence-corrected chi connectivity index (χ2v) is 31.9. The lowest BCUT2D eigenvalue weighted by atomic mass is 9.96. The van der Waals surface area contributed by atoms with Crippen LogP contribution in [0.25, 0.3) is 10.9 Å². The number of H-pyrrole nitrogens is 1. The van der Waals surface area contributed by atoms with Crippen LogP contribution >= 0.6 is 0 Å². The standard InChI is InChI=1S/C79H128N20O23/c1-10-43(8)65(77(119)94-54(33-41(4)5)73(115)90-50(21-14-16-30-81)69(111)89-49(20-13-15-29-80)70(112)91-51(24-26-60(83)101)71(113)96-57(79(121)122)34-42(6)7)98-72(114)52(25-27-61(84)102)92-75(117)58(39-100)97-74(116)55(36-64(106)107)88-62(103)38-86-68(110)53(32-40(2)3)93-66(108)44(9)87-76(118)59-22-17-31-99(59)78(120)56(95-67(109)47(82)23-28-63(104)105)35-45-37-85-48-19-12-11-18-46(45)48/h11-12,18-19,37,40-44,47,49-59,65,85,100H,10,13-17,20-36,38-39,80-82H2,1-9H3,(H2,83,101)(H2,84,102)(H,86,110)(H,87,118)(H,88,103)(H,89,111)(H,90,115)(H,91,112)(H,92,117)(H,93,108)(H,94,119)(H,95,109)(H,96,113)(H,97,116)(H,98,114)(H,104,105)(H,106,107)(H,121,122)/t43-,44-,47-,49-,50-,51-,52-,53-,54-,55-,56-,57-,58-,59-,65-/m0/s1. The Kier molecular flexibility index (Phi) is 45.8. The number of carboxylic acid groups (broad SMARTS) is 3. The number of carbonyl (C=O) groups is 19. The first-order chi connectivity index (χ1) is 57.4. The number of benzene rings is 1. The number of rotatable bonds is 58. The van der Waals surface area contributed by atoms with Crippen molar-refractivity contribution in [3.05, 3.63) is 36.0 Å². The monoisotopic (exact) mass is 1720 g/mol. The fourth-order valence-corrected chi connectivity index (χ4v) is 13.3. The topological polar surface area (TPSA) is 711 Å². The number of nitrogens with two attached hydrogens (primary N) is 5. The lowest BCUT2D eigenvalue weighted by molar-refractivity contribution is -0.143. The van der Waals surface area contributed by atoms with E-state index in [9.17, 15) is 112 Å². The molecule has 1 aromatic carbocycles. The van der Waals surface area contributed by atoms with Crippen molar-refractivity contribution in [3.8, 4) is 0 Å². The average Bonchev–Trinajstić information content (AvgIpc) is 1.64. The minimum Gasteiger partial charge on any atom is -0.481 e. The van der Waals surface area contributed by atoms with Crippen molar-refractivity contribution in [2.45, 2.75) is 275 Å². The zero-order valence-corrected chi connectivity index (χ0v) is 70.8. The molecule has 1 fully saturated rings. The Morgan fingerprint density at radius 1 is 0.484 bits per heavy atom. The van der Waals surface area contributed by atoms with Gasteiger partial charge in [-0.1, -0.05) is 80.0 Å². The highest BCUT2D eigenvalue weighted by molar-refractivity contribution is 6.01. The molecule has 0 bridgehead atoms. The van der Waals surface area contributed by atoms with Crippen LogP contribution in [0.15, 0.2) is 30.5 Å². The molecule has 122 heavy (non-hydrogen) atoms. The highest BCUT2D eigenvalue weighted by atomic mass is 16.4. The van der Waals surface area contributed by atoms with E-state index >= 15 is 0 Å². The van der Waals surface area contributed by atoms with E-state index in [1.54, 1.807) is 79.8 Å². The minimum absolute atomic E-state index is 0.0184. The van der Waals surface area contributed by atoms with Gasteiger partial charge >= 0.3 is 17.9 Å². The Labute approximate surface area is 707 Å². The van der Waals surface area contributed by atoms with E-state index in [1.165, 1.54) is 11.8 Å². The number of nitrogens with one attached hydrogen (secondary N) is 14. The molecule has 28 N–H and O–H groups in total. The average molecular weight is 1730 g/mol. The van der Waals surface area contributed by atoms with E-state index in [2.05, 4.69) is 74.1 Å². The summed E-state index contributed by atoms with van der Waals surface area (Å²) >= 11 is 0. The first kappa shape index (κ1) is 105. The second kappa shape index (κ2) is 53.3. The molecule has 0 radical (unpaired) electrons. The van der Waals surface area contributed by atoms with Crippen LogP contribution in [0, 0.1) is 23.7 Å². The number of aromatic nitrogens is 1. The molecule has 1 aliphatic rings. The molecule has 3 rings (SSSR count). The van der Waals surface area contributed by atoms with E-state index in [-0.39, 0.29) is 114 Å². The number of carbonyl (C=O) groups excluding carboxylic acids is 16. The molecular formula is C79H128N20O23. The molecule has 1 aromatic heterocycles. The van der Waals surface area contributed by atoms with Crippen LogP contribution in [0.4, 0.5) is 0 Å². The Balaban J connectivity index is 1.80. The van der Waals surface area contributed by atoms with E-state index in [0.717, 1.165) is 10.9 Å². The number of aliphatic hydroxyl groups excluding tert-OH is 1. The summed E-state index contributed by atoms with van der Waals surface area (Å²) < 4.78 is 0. The molecule has 0 saturated carbocycles. The highest BCUT2D eigenvalue weighted by Crippen LogP contribution is 2.24. The van der Waals surface area contributed by atoms with Crippen molar-refractivity contribution in [3.63, 3.8) is 0 Å². The summed E-state index contributed by atoms with van der Waals surface area (Å²) in [4.78, 5) is 261. The summed E-state index contributed by atoms with van der Waals surface area (Å²) in [7, 11) is 0. The molecule has 43 nitrogen and oxygen atoms in total. The smallest absolute Gasteiger partial charge is 0.326 e. The van der Waals surface area contributed by atoms with Crippen LogP contribution in [-0.2, 0) is 97.5 Å². The number of carboxylic acids is 3. The number of unbranched alkanes of at least 4 members (excludes halogenated alkanes) is 2. The number of hydrogen-bond acceptors (Lipinski definition) is 23. The van der Waals surface area contributed by atoms with Crippen LogP contribution in [0.2, 0.25) is 0 Å². The van der Waals surface area contributed by atoms with Gasteiger partial charge in [0.05, 0.1) is 25.6 Å². The van der Waals surface area contributed by atoms with Crippen LogP contribution in [-0.4, -0.2) is 260 Å². The third-order valence-electron chi connectivity index (χ3n) is 20.2. The van der Waals surface area contributed by atoms with Gasteiger partial charge in [0.2, 0.25) is 94.5 Å². The molecule has 0 aliphatic carbocycles. The number of amides is 16. The van der Waals surface area contributed by atoms with Crippen molar-refractivity contribution in [2.24, 2.45) is 52.3 Å². The van der Waals surface area contributed by atoms with E-state index in [4.69, 9.17) is 28.7 Å². The predicted octanol–water partition coefficient (Wildman–Crippen LogP) is -4.63. The summed E-state index contributed by atoms with van der Waals surface area (Å²) in [5.74, 6) is -21.3. The summed E-state index contributed by atoms with van der Waals surface area (Å²) in [6, 6.07) is -13.8. The molecule has 43 heteroatoms. The Morgan fingerprint density at radius 2 is 0.934 bits per heavy atom. The van der Waals surface area contributed by atoms with E-state index in [1.807, 2.05) is 6.07 Å². The summed E-state index contributed by atoms with van der Waals surface area (Å²) in [6.45, 7) is 13.1. The van der Waals surface area contributed by atoms with Gasteiger partial charge in [0.15, 0.2) is 0 Å². The maximum absolute atomic E-state index is 14.6. The molecule has 0 unspecified atom stereocenters. The maximum Gasteiger partial charge on any atom is 0.326 e. The van der Waals surface area contributed by atoms with Gasteiger partial charge < -0.3 is 128 Å². The van der Waals surface area contributed by atoms with Crippen molar-refractivity contribution < 1.29 is 112 Å². The van der Waals surface area contributed by atoms with Crippen molar-refractivity contribution >= 4 is 123 Å². The quantitative estimate of drug-likeness (QED) is 0.0277. The Bertz CT molecular complexity index is 3930. The molecule has 16 amide bonds. The number of primary amides is 2. The second-order valence-electron chi connectivity index (χ2n) is 31.9. The van der Waals surface area contributed by atoms with Crippen LogP contribution < -0.4 is 97.8 Å². The predicted molar refractivity (Wildman–Crippen MR) is 441 cm³/mol. The first-order valence-electron chi connectivity index (χ1n) is 41.2. The molecular weight excluding hydrogens is 1600 g/mol. The van der Waals surface area contributed by atoms with Crippen LogP contribution in [0.3, 0.4) is 0 Å². The normalized spacial score (nSPS) is 16.0. The van der Waals surface area contributed by atoms with Gasteiger partial charge in [-0.15, -0.1) is 0 Å². The van der Waals surface area contributed by atoms with Crippen molar-refractivity contribution in [1.29, 1.82) is 0 Å². The number of hydrogen-bond donors (Lipinski definition) is 23. The van der Waals surface area contributed by atoms with Gasteiger partial charge in [0, 0.05) is 49.3 Å². The van der Waals surface area contributed by atoms with Gasteiger partial charge in [-0.25, -0.2) is 4.79 Å². The zero-order valence-electron chi connectivity index (χ0n) is 70.8. The molecule has 1 saturated heterocycles. The fraction of sp³-hybridized carbons (Fsp3) is 0.658. The molecule has 1 aliphatic heterocycles. The van der Waals surface area contributed by atoms with Crippen LogP contribution in [0.5, 0.6) is 0 Å². The van der Waals surface area contributed by atoms with E-state index < -0.39 is 248 Å². The van der Waals surface area contributed by atoms with Crippen molar-refractivity contribution in [1.82, 2.24) is 79.0 Å². The number of aliphatic carboxylic acids is 3. The van der Waals surface area contributed by atoms with E-state index in [0.29, 0.717) is 24.8 Å². The molecule has 2 heterocycles. The number of likely N-dealkylation sites (tertiary alicyclic amines) is 1. The number of aliphatic hydroxyl groups is 1. The maximum atomic E-state index is 14.6. The van der Waals surface area contributed by atoms with Crippen LogP contribution in [0.1, 0.15) is 190 Å². The fourth-order valence-electron chi connectivity index (χ4n) is 13.3. The SMILES string of the molecule is CC[C@H](C)[C@H](NC(=O)[C@H](CCC(N)=O)NC(=O)[C@H](CO)NC(=O)[C@H](CC(=O)O)NC(=O)CNC(=O)[C@H](CC(C)C)NC(=O)[C@H](C)NC(=O)[C@@H]1CCCN1C(=O)[C@H](Cc1c[nH]c2ccccc12)NC(=O)[C@@H](N)CCC(=O)O)C(=O)N[C@@H](CC(C)C)C(=O)N[C@@H](CCCCN)C(=O)N[C@@H](CCCCN)C(=O)N[C@@H](CCC(N)=O)C(=O)N[C@@H](CC(C)C)C(=O)O. The molecule has 0 spiro atoms. The lowest BCUT2D eigenvalue weighted by Gasteiger charge is -2.30. The number of fused-ring (bicyclic) bond motifs is 1. The van der Waals surface area contributed by atoms with Crippen molar-refractivity contribution in [2.75, 3.05) is 32.8 Å². The third-order valence-corrected chi connectivity index (χ3v) is 20.2. The number of para-hydroxylation sites is 1. The van der Waals surface area contributed by atoms with Gasteiger partial charge in [0.1, 0.15) is 78.5 Å². The lowest BCUT2D eigenvalue weighted by Crippen LogP contribution is -2.61. The largest absolute Gasteiger partial charge is 0.481 e. The number of nitrogens with zero attached hydrogens (tertiary/aromatic N) is 1. The Hall–Kier alpha value is -11.5. The highest BCUT2D eigenvalue weighted by Gasteiger charge is 2.42. The summed E-state index contributed by atoms with van der Waals surface area (Å²) in [6.07, 6.45) is -0.385. The third kappa shape index (κ3) is 36.9. The summed E-state index contributed by atoms with van der Waals surface area (Å²) in [5.41, 5.74) is 29.8. The van der Waals surface area contributed by atoms with Gasteiger partial charge in [-0.05, 0) is 145 Å². The molecule has 682 valence electrons. The minimum atomic E-state index is -2.04. The first-order valence-corrected chi connectivity index (χ1v) is 41.2. The van der Waals surface area contributed by atoms with Gasteiger partial charge in [0.25, 0.3) is 0 Å². The zero-order chi connectivity index (χ0) is 91.8. The number of aromatic amines is 1. The molecule has 2 aromatic rings. The summed E-state index contributed by atoms with van der Waals surface area (Å²) in [5, 5.41) is 72.1. The van der Waals surface area contributed by atoms with Gasteiger partial charge in [-0.2, -0.15) is 0 Å².